The SMILES string of the molecule is O=C([O-])C(=CNc1ccccc1)COC(=O)c1ccccc1. The number of carbonyl (C=O) groups is 2. The van der Waals surface area contributed by atoms with Gasteiger partial charge in [0.25, 0.3) is 0 Å². The second-order valence-electron chi connectivity index (χ2n) is 4.41. The van der Waals surface area contributed by atoms with E-state index in [4.69, 9.17) is 4.74 Å². The average molecular weight is 296 g/mol. The van der Waals surface area contributed by atoms with Crippen LogP contribution in [0.4, 0.5) is 5.69 Å². The fourth-order valence-electron chi connectivity index (χ4n) is 1.67. The second-order valence-corrected chi connectivity index (χ2v) is 4.41. The van der Waals surface area contributed by atoms with E-state index in [1.165, 1.54) is 6.20 Å². The molecule has 0 radical (unpaired) electrons. The molecule has 1 N–H and O–H groups in total. The lowest BCUT2D eigenvalue weighted by Crippen LogP contribution is -2.28. The van der Waals surface area contributed by atoms with Crippen LogP contribution < -0.4 is 10.4 Å². The maximum atomic E-state index is 11.8. The lowest BCUT2D eigenvalue weighted by molar-refractivity contribution is -0.299. The van der Waals surface area contributed by atoms with Crippen LogP contribution in [0.2, 0.25) is 0 Å². The molecule has 5 heteroatoms. The summed E-state index contributed by atoms with van der Waals surface area (Å²) in [5.41, 5.74) is 0.917. The molecule has 0 aliphatic rings. The number of carboxylic acids is 1. The summed E-state index contributed by atoms with van der Waals surface area (Å²) in [7, 11) is 0. The second kappa shape index (κ2) is 7.64. The van der Waals surface area contributed by atoms with Gasteiger partial charge in [-0.25, -0.2) is 4.79 Å². The molecule has 2 rings (SSSR count). The first kappa shape index (κ1) is 15.3. The number of aliphatic carboxylic acids is 1. The molecule has 0 atom stereocenters. The van der Waals surface area contributed by atoms with Crippen molar-refractivity contribution in [2.45, 2.75) is 0 Å². The van der Waals surface area contributed by atoms with Crippen molar-refractivity contribution in [3.63, 3.8) is 0 Å². The van der Waals surface area contributed by atoms with E-state index in [0.29, 0.717) is 5.56 Å². The van der Waals surface area contributed by atoms with Crippen LogP contribution >= 0.6 is 0 Å². The number of rotatable bonds is 6. The lowest BCUT2D eigenvalue weighted by atomic mass is 10.2. The molecule has 0 saturated carbocycles. The quantitative estimate of drug-likeness (QED) is 0.647. The van der Waals surface area contributed by atoms with Gasteiger partial charge in [0.05, 0.1) is 11.5 Å². The van der Waals surface area contributed by atoms with E-state index in [2.05, 4.69) is 5.32 Å². The van der Waals surface area contributed by atoms with E-state index in [1.807, 2.05) is 18.2 Å². The highest BCUT2D eigenvalue weighted by Gasteiger charge is 2.08. The summed E-state index contributed by atoms with van der Waals surface area (Å²) in [5, 5.41) is 13.9. The van der Waals surface area contributed by atoms with Crippen LogP contribution in [-0.2, 0) is 9.53 Å². The first-order chi connectivity index (χ1) is 10.7. The predicted molar refractivity (Wildman–Crippen MR) is 79.9 cm³/mol. The minimum absolute atomic E-state index is 0.159. The fraction of sp³-hybridized carbons (Fsp3) is 0.0588. The van der Waals surface area contributed by atoms with Gasteiger partial charge in [0.15, 0.2) is 0 Å². The van der Waals surface area contributed by atoms with E-state index in [9.17, 15) is 14.7 Å². The maximum absolute atomic E-state index is 11.8. The van der Waals surface area contributed by atoms with Crippen molar-refractivity contribution in [1.29, 1.82) is 0 Å². The molecule has 0 aromatic heterocycles. The Morgan fingerprint density at radius 3 is 2.18 bits per heavy atom. The number of carbonyl (C=O) groups excluding carboxylic acids is 2. The molecule has 5 nitrogen and oxygen atoms in total. The molecule has 2 aromatic carbocycles. The summed E-state index contributed by atoms with van der Waals surface area (Å²) < 4.78 is 4.97. The molecule has 112 valence electrons. The Morgan fingerprint density at radius 1 is 1.00 bits per heavy atom. The number of esters is 1. The van der Waals surface area contributed by atoms with E-state index >= 15 is 0 Å². The standard InChI is InChI=1S/C17H15NO4/c19-16(20)14(11-18-15-9-5-2-6-10-15)12-22-17(21)13-7-3-1-4-8-13/h1-11,18H,12H2,(H,19,20)/p-1. The maximum Gasteiger partial charge on any atom is 0.338 e. The zero-order chi connectivity index (χ0) is 15.8. The van der Waals surface area contributed by atoms with Gasteiger partial charge in [-0.3, -0.25) is 0 Å². The van der Waals surface area contributed by atoms with E-state index in [0.717, 1.165) is 5.69 Å². The highest BCUT2D eigenvalue weighted by Crippen LogP contribution is 2.07. The molecule has 0 fully saturated rings. The van der Waals surface area contributed by atoms with Gasteiger partial charge in [-0.15, -0.1) is 0 Å². The van der Waals surface area contributed by atoms with Gasteiger partial charge in [-0.1, -0.05) is 36.4 Å². The molecular formula is C17H14NO4-. The Hall–Kier alpha value is -3.08. The summed E-state index contributed by atoms with van der Waals surface area (Å²) >= 11 is 0. The van der Waals surface area contributed by atoms with Gasteiger partial charge in [-0.2, -0.15) is 0 Å². The molecule has 0 heterocycles. The van der Waals surface area contributed by atoms with Crippen LogP contribution in [0.15, 0.2) is 72.4 Å². The molecule has 0 spiro atoms. The summed E-state index contributed by atoms with van der Waals surface area (Å²) in [6.07, 6.45) is 1.25. The summed E-state index contributed by atoms with van der Waals surface area (Å²) in [4.78, 5) is 22.8. The van der Waals surface area contributed by atoms with Crippen molar-refractivity contribution < 1.29 is 19.4 Å². The number of ether oxygens (including phenoxy) is 1. The molecule has 0 aliphatic carbocycles. The Labute approximate surface area is 127 Å². The highest BCUT2D eigenvalue weighted by atomic mass is 16.5. The number of carboxylic acid groups (broad SMARTS) is 1. The first-order valence-electron chi connectivity index (χ1n) is 6.61. The highest BCUT2D eigenvalue weighted by molar-refractivity contribution is 5.91. The Bertz CT molecular complexity index is 666. The normalized spacial score (nSPS) is 10.8. The van der Waals surface area contributed by atoms with Crippen LogP contribution in [0.5, 0.6) is 0 Å². The fourth-order valence-corrected chi connectivity index (χ4v) is 1.67. The van der Waals surface area contributed by atoms with Gasteiger partial charge < -0.3 is 20.0 Å². The Balaban J connectivity index is 1.97. The number of benzene rings is 2. The monoisotopic (exact) mass is 296 g/mol. The number of hydrogen-bond acceptors (Lipinski definition) is 5. The van der Waals surface area contributed by atoms with E-state index in [1.54, 1.807) is 42.5 Å². The summed E-state index contributed by atoms with van der Waals surface area (Å²) in [6, 6.07) is 17.4. The Kier molecular flexibility index (Phi) is 5.31. The van der Waals surface area contributed by atoms with Crippen molar-refractivity contribution >= 4 is 17.6 Å². The lowest BCUT2D eigenvalue weighted by Gasteiger charge is -2.11. The van der Waals surface area contributed by atoms with Gasteiger partial charge in [0, 0.05) is 17.5 Å². The largest absolute Gasteiger partial charge is 0.545 e. The van der Waals surface area contributed by atoms with Crippen molar-refractivity contribution in [2.75, 3.05) is 11.9 Å². The summed E-state index contributed by atoms with van der Waals surface area (Å²) in [5.74, 6) is -1.99. The van der Waals surface area contributed by atoms with Crippen molar-refractivity contribution in [1.82, 2.24) is 0 Å². The number of nitrogens with one attached hydrogen (secondary N) is 1. The van der Waals surface area contributed by atoms with Gasteiger partial charge >= 0.3 is 5.97 Å². The number of hydrogen-bond donors (Lipinski definition) is 1. The van der Waals surface area contributed by atoms with Gasteiger partial charge in [0.2, 0.25) is 0 Å². The van der Waals surface area contributed by atoms with E-state index < -0.39 is 11.9 Å². The molecule has 0 aliphatic heterocycles. The minimum atomic E-state index is -1.40. The first-order valence-corrected chi connectivity index (χ1v) is 6.61. The van der Waals surface area contributed by atoms with Crippen molar-refractivity contribution in [3.05, 3.63) is 78.0 Å². The number of anilines is 1. The third-order valence-electron chi connectivity index (χ3n) is 2.82. The van der Waals surface area contributed by atoms with Crippen LogP contribution in [0, 0.1) is 0 Å². The molecular weight excluding hydrogens is 282 g/mol. The molecule has 0 unspecified atom stereocenters. The molecule has 0 bridgehead atoms. The molecule has 22 heavy (non-hydrogen) atoms. The zero-order valence-electron chi connectivity index (χ0n) is 11.7. The molecule has 0 amide bonds. The van der Waals surface area contributed by atoms with Gasteiger partial charge in [0.1, 0.15) is 6.61 Å². The topological polar surface area (TPSA) is 78.5 Å². The minimum Gasteiger partial charge on any atom is -0.545 e. The van der Waals surface area contributed by atoms with Crippen LogP contribution in [0.1, 0.15) is 10.4 Å². The smallest absolute Gasteiger partial charge is 0.338 e. The van der Waals surface area contributed by atoms with E-state index in [-0.39, 0.29) is 12.2 Å². The van der Waals surface area contributed by atoms with Crippen LogP contribution in [0.25, 0.3) is 0 Å². The van der Waals surface area contributed by atoms with Crippen molar-refractivity contribution in [2.24, 2.45) is 0 Å². The van der Waals surface area contributed by atoms with Crippen LogP contribution in [0.3, 0.4) is 0 Å². The van der Waals surface area contributed by atoms with Crippen LogP contribution in [-0.4, -0.2) is 18.5 Å². The molecule has 2 aromatic rings. The van der Waals surface area contributed by atoms with Gasteiger partial charge in [-0.05, 0) is 24.3 Å². The third-order valence-corrected chi connectivity index (χ3v) is 2.82. The zero-order valence-corrected chi connectivity index (χ0v) is 11.7. The average Bonchev–Trinajstić information content (AvgIpc) is 2.56. The predicted octanol–water partition coefficient (Wildman–Crippen LogP) is 1.59. The molecule has 0 saturated heterocycles. The summed E-state index contributed by atoms with van der Waals surface area (Å²) in [6.45, 7) is -0.379. The Morgan fingerprint density at radius 2 is 1.59 bits per heavy atom. The third kappa shape index (κ3) is 4.49. The van der Waals surface area contributed by atoms with Crippen molar-refractivity contribution in [3.8, 4) is 0 Å². The number of para-hydroxylation sites is 1.